The number of rotatable bonds is 5. The summed E-state index contributed by atoms with van der Waals surface area (Å²) in [6.45, 7) is 1.86. The van der Waals surface area contributed by atoms with Crippen molar-refractivity contribution in [2.24, 2.45) is 12.1 Å². The highest BCUT2D eigenvalue weighted by atomic mass is 79.9. The Balaban J connectivity index is 1.59. The van der Waals surface area contributed by atoms with Crippen molar-refractivity contribution in [2.75, 3.05) is 5.75 Å². The first-order chi connectivity index (χ1) is 12.0. The number of aryl methyl sites for hydroxylation is 1. The lowest BCUT2D eigenvalue weighted by Gasteiger charge is -2.04. The summed E-state index contributed by atoms with van der Waals surface area (Å²) in [7, 11) is 1.95. The van der Waals surface area contributed by atoms with E-state index in [1.54, 1.807) is 0 Å². The van der Waals surface area contributed by atoms with Gasteiger partial charge < -0.3 is 4.57 Å². The van der Waals surface area contributed by atoms with Gasteiger partial charge >= 0.3 is 0 Å². The van der Waals surface area contributed by atoms with Gasteiger partial charge in [0, 0.05) is 11.5 Å². The molecule has 0 saturated carbocycles. The Morgan fingerprint density at radius 3 is 2.68 bits per heavy atom. The van der Waals surface area contributed by atoms with Crippen LogP contribution in [0.4, 0.5) is 0 Å². The van der Waals surface area contributed by atoms with E-state index in [4.69, 9.17) is 0 Å². The Morgan fingerprint density at radius 2 is 1.96 bits per heavy atom. The summed E-state index contributed by atoms with van der Waals surface area (Å²) in [6.07, 6.45) is 0. The second kappa shape index (κ2) is 7.84. The van der Waals surface area contributed by atoms with Gasteiger partial charge in [-0.1, -0.05) is 52.0 Å². The van der Waals surface area contributed by atoms with Gasteiger partial charge in [0.2, 0.25) is 0 Å². The van der Waals surface area contributed by atoms with Crippen molar-refractivity contribution in [1.29, 1.82) is 0 Å². The smallest absolute Gasteiger partial charge is 0.250 e. The van der Waals surface area contributed by atoms with Crippen molar-refractivity contribution >= 4 is 50.3 Å². The molecule has 0 fully saturated rings. The maximum Gasteiger partial charge on any atom is 0.250 e. The molecule has 0 aliphatic heterocycles. The van der Waals surface area contributed by atoms with Gasteiger partial charge in [0.25, 0.3) is 5.91 Å². The molecule has 5 nitrogen and oxygen atoms in total. The molecule has 7 heteroatoms. The van der Waals surface area contributed by atoms with Gasteiger partial charge in [0.05, 0.1) is 22.5 Å². The minimum Gasteiger partial charge on any atom is -0.322 e. The molecule has 3 aromatic rings. The van der Waals surface area contributed by atoms with Crippen LogP contribution in [0.3, 0.4) is 0 Å². The maximum absolute atomic E-state index is 12.0. The van der Waals surface area contributed by atoms with E-state index in [0.717, 1.165) is 31.9 Å². The molecular weight excluding hydrogens is 400 g/mol. The number of thioether (sulfide) groups is 1. The van der Waals surface area contributed by atoms with Crippen LogP contribution < -0.4 is 5.43 Å². The number of halogens is 1. The van der Waals surface area contributed by atoms with Crippen LogP contribution in [0.25, 0.3) is 11.0 Å². The number of nitrogens with zero attached hydrogens (tertiary/aromatic N) is 3. The summed E-state index contributed by atoms with van der Waals surface area (Å²) in [5.74, 6) is 0.0994. The normalized spacial score (nSPS) is 11.7. The molecule has 3 rings (SSSR count). The maximum atomic E-state index is 12.0. The van der Waals surface area contributed by atoms with Crippen LogP contribution in [0, 0.1) is 0 Å². The molecule has 0 bridgehead atoms. The Morgan fingerprint density at radius 1 is 1.24 bits per heavy atom. The molecule has 0 spiro atoms. The van der Waals surface area contributed by atoms with Crippen molar-refractivity contribution in [3.63, 3.8) is 0 Å². The lowest BCUT2D eigenvalue weighted by atomic mass is 10.1. The minimum absolute atomic E-state index is 0.159. The number of hydrogen-bond acceptors (Lipinski definition) is 4. The van der Waals surface area contributed by atoms with Gasteiger partial charge in [-0.15, -0.1) is 0 Å². The minimum atomic E-state index is -0.159. The molecule has 128 valence electrons. The predicted molar refractivity (Wildman–Crippen MR) is 106 cm³/mol. The van der Waals surface area contributed by atoms with E-state index in [0.29, 0.717) is 0 Å². The fraction of sp³-hybridized carbons (Fsp3) is 0.167. The van der Waals surface area contributed by atoms with E-state index in [2.05, 4.69) is 31.4 Å². The molecule has 1 aromatic heterocycles. The summed E-state index contributed by atoms with van der Waals surface area (Å²) in [5.41, 5.74) is 6.30. The first-order valence-electron chi connectivity index (χ1n) is 7.68. The average molecular weight is 417 g/mol. The van der Waals surface area contributed by atoms with Crippen molar-refractivity contribution in [2.45, 2.75) is 12.1 Å². The number of amides is 1. The largest absolute Gasteiger partial charge is 0.322 e. The van der Waals surface area contributed by atoms with Gasteiger partial charge in [-0.3, -0.25) is 4.79 Å². The number of hydrazone groups is 1. The lowest BCUT2D eigenvalue weighted by molar-refractivity contribution is -0.118. The average Bonchev–Trinajstić information content (AvgIpc) is 2.95. The molecule has 1 amide bonds. The van der Waals surface area contributed by atoms with Gasteiger partial charge in [0.1, 0.15) is 0 Å². The molecule has 0 unspecified atom stereocenters. The zero-order valence-electron chi connectivity index (χ0n) is 13.9. The molecular formula is C18H17BrN4OS. The number of imidazole rings is 1. The van der Waals surface area contributed by atoms with E-state index in [1.807, 2.05) is 67.1 Å². The zero-order chi connectivity index (χ0) is 17.8. The first-order valence-corrected chi connectivity index (χ1v) is 9.46. The van der Waals surface area contributed by atoms with Gasteiger partial charge in [-0.2, -0.15) is 5.10 Å². The van der Waals surface area contributed by atoms with E-state index >= 15 is 0 Å². The molecule has 1 heterocycles. The van der Waals surface area contributed by atoms with E-state index in [-0.39, 0.29) is 11.7 Å². The molecule has 0 aliphatic carbocycles. The summed E-state index contributed by atoms with van der Waals surface area (Å²) in [6, 6.07) is 15.7. The van der Waals surface area contributed by atoms with Crippen molar-refractivity contribution in [1.82, 2.24) is 15.0 Å². The van der Waals surface area contributed by atoms with Crippen LogP contribution in [0.2, 0.25) is 0 Å². The van der Waals surface area contributed by atoms with Gasteiger partial charge in [-0.25, -0.2) is 10.4 Å². The van der Waals surface area contributed by atoms with Crippen molar-refractivity contribution in [3.05, 3.63) is 58.6 Å². The molecule has 1 N–H and O–H groups in total. The van der Waals surface area contributed by atoms with E-state index in [1.165, 1.54) is 11.8 Å². The van der Waals surface area contributed by atoms with E-state index < -0.39 is 0 Å². The molecule has 0 saturated heterocycles. The molecule has 0 radical (unpaired) electrons. The zero-order valence-corrected chi connectivity index (χ0v) is 16.3. The number of hydrogen-bond donors (Lipinski definition) is 1. The predicted octanol–water partition coefficient (Wildman–Crippen LogP) is 3.97. The number of nitrogens with one attached hydrogen (secondary N) is 1. The fourth-order valence-electron chi connectivity index (χ4n) is 2.32. The van der Waals surface area contributed by atoms with Crippen LogP contribution in [0.1, 0.15) is 12.5 Å². The second-order valence-electron chi connectivity index (χ2n) is 5.47. The standard InChI is InChI=1S/C18H17BrN4OS/c1-12(13-7-9-14(19)10-8-13)21-22-17(24)11-25-18-20-15-5-3-4-6-16(15)23(18)2/h3-10H,11H2,1-2H3,(H,22,24)/b21-12+. The van der Waals surface area contributed by atoms with Crippen molar-refractivity contribution in [3.8, 4) is 0 Å². The van der Waals surface area contributed by atoms with Crippen LogP contribution >= 0.6 is 27.7 Å². The summed E-state index contributed by atoms with van der Waals surface area (Å²) >= 11 is 4.79. The number of benzene rings is 2. The fourth-order valence-corrected chi connectivity index (χ4v) is 3.36. The Kier molecular flexibility index (Phi) is 5.55. The van der Waals surface area contributed by atoms with Gasteiger partial charge in [-0.05, 0) is 36.8 Å². The van der Waals surface area contributed by atoms with E-state index in [9.17, 15) is 4.79 Å². The molecule has 0 aliphatic rings. The van der Waals surface area contributed by atoms with Crippen molar-refractivity contribution < 1.29 is 4.79 Å². The third-order valence-corrected chi connectivity index (χ3v) is 5.25. The SMILES string of the molecule is C/C(=N\NC(=O)CSc1nc2ccccc2n1C)c1ccc(Br)cc1. The van der Waals surface area contributed by atoms with Crippen LogP contribution in [0.5, 0.6) is 0 Å². The lowest BCUT2D eigenvalue weighted by Crippen LogP contribution is -2.21. The summed E-state index contributed by atoms with van der Waals surface area (Å²) in [5, 5.41) is 4.97. The number of aromatic nitrogens is 2. The van der Waals surface area contributed by atoms with Gasteiger partial charge in [0.15, 0.2) is 5.16 Å². The third-order valence-electron chi connectivity index (χ3n) is 3.69. The monoisotopic (exact) mass is 416 g/mol. The summed E-state index contributed by atoms with van der Waals surface area (Å²) in [4.78, 5) is 16.6. The number of fused-ring (bicyclic) bond motifs is 1. The van der Waals surface area contributed by atoms with Crippen LogP contribution in [-0.4, -0.2) is 26.9 Å². The topological polar surface area (TPSA) is 59.3 Å². The highest BCUT2D eigenvalue weighted by molar-refractivity contribution is 9.10. The Hall–Kier alpha value is -2.12. The number of carbonyl (C=O) groups excluding carboxylic acids is 1. The highest BCUT2D eigenvalue weighted by Crippen LogP contribution is 2.22. The van der Waals surface area contributed by atoms with Crippen LogP contribution in [-0.2, 0) is 11.8 Å². The molecule has 2 aromatic carbocycles. The first kappa shape index (κ1) is 17.7. The second-order valence-corrected chi connectivity index (χ2v) is 7.33. The summed E-state index contributed by atoms with van der Waals surface area (Å²) < 4.78 is 3.00. The molecule has 0 atom stereocenters. The highest BCUT2D eigenvalue weighted by Gasteiger charge is 2.10. The number of para-hydroxylation sites is 2. The molecule has 25 heavy (non-hydrogen) atoms. The van der Waals surface area contributed by atoms with Crippen LogP contribution in [0.15, 0.2) is 63.3 Å². The number of carbonyl (C=O) groups is 1. The Bertz CT molecular complexity index is 934. The third kappa shape index (κ3) is 4.29. The quantitative estimate of drug-likeness (QED) is 0.388. The Labute approximate surface area is 158 Å².